The van der Waals surface area contributed by atoms with Gasteiger partial charge in [-0.1, -0.05) is 35.9 Å². The summed E-state index contributed by atoms with van der Waals surface area (Å²) in [7, 11) is 3.24. The van der Waals surface area contributed by atoms with Gasteiger partial charge in [-0.05, 0) is 48.7 Å². The Balaban J connectivity index is 1.30. The molecule has 0 bridgehead atoms. The van der Waals surface area contributed by atoms with Gasteiger partial charge in [-0.15, -0.1) is 0 Å². The van der Waals surface area contributed by atoms with Gasteiger partial charge in [0.25, 0.3) is 5.91 Å². The normalized spacial score (nSPS) is 14.3. The van der Waals surface area contributed by atoms with Crippen molar-refractivity contribution in [2.75, 3.05) is 39.2 Å². The topological polar surface area (TPSA) is 139 Å². The van der Waals surface area contributed by atoms with Crippen LogP contribution < -0.4 is 26.0 Å². The van der Waals surface area contributed by atoms with Crippen LogP contribution in [0, 0.1) is 6.92 Å². The molecular formula is C34H38ClN7O4. The Morgan fingerprint density at radius 1 is 1.04 bits per heavy atom. The van der Waals surface area contributed by atoms with Gasteiger partial charge in [-0.25, -0.2) is 4.98 Å². The lowest BCUT2D eigenvalue weighted by molar-refractivity contribution is -0.119. The van der Waals surface area contributed by atoms with Gasteiger partial charge in [0, 0.05) is 80.5 Å². The lowest BCUT2D eigenvalue weighted by atomic mass is 10.0. The summed E-state index contributed by atoms with van der Waals surface area (Å²) in [5.41, 5.74) is 6.31. The summed E-state index contributed by atoms with van der Waals surface area (Å²) >= 11 is 6.98. The van der Waals surface area contributed by atoms with Gasteiger partial charge in [0.2, 0.25) is 11.8 Å². The van der Waals surface area contributed by atoms with E-state index in [2.05, 4.69) is 31.2 Å². The van der Waals surface area contributed by atoms with Crippen molar-refractivity contribution >= 4 is 29.1 Å². The first kappa shape index (κ1) is 33.0. The zero-order chi connectivity index (χ0) is 32.5. The minimum atomic E-state index is -0.314. The number of ether oxygens (including phenoxy) is 2. The molecule has 1 atom stereocenters. The first-order valence-electron chi connectivity index (χ1n) is 15.1. The second kappa shape index (κ2) is 15.7. The number of nitrogens with one attached hydrogen (secondary N) is 4. The number of hydrogen-bond acceptors (Lipinski definition) is 9. The fourth-order valence-electron chi connectivity index (χ4n) is 5.26. The fraction of sp³-hybridized carbons (Fsp3) is 0.324. The van der Waals surface area contributed by atoms with Crippen LogP contribution in [-0.4, -0.2) is 66.7 Å². The van der Waals surface area contributed by atoms with Gasteiger partial charge >= 0.3 is 0 Å². The zero-order valence-corrected chi connectivity index (χ0v) is 26.9. The molecule has 4 heterocycles. The van der Waals surface area contributed by atoms with Crippen LogP contribution in [0.2, 0.25) is 5.02 Å². The maximum atomic E-state index is 13.1. The monoisotopic (exact) mass is 643 g/mol. The maximum absolute atomic E-state index is 13.1. The average molecular weight is 644 g/mol. The largest absolute Gasteiger partial charge is 0.481 e. The summed E-state index contributed by atoms with van der Waals surface area (Å²) in [5.74, 6) is 0.266. The van der Waals surface area contributed by atoms with Crippen molar-refractivity contribution in [1.29, 1.82) is 0 Å². The number of aromatic nitrogens is 3. The molecule has 3 aromatic heterocycles. The van der Waals surface area contributed by atoms with Crippen molar-refractivity contribution in [1.82, 2.24) is 30.9 Å². The van der Waals surface area contributed by atoms with E-state index in [1.165, 1.54) is 0 Å². The Bertz CT molecular complexity index is 1680. The van der Waals surface area contributed by atoms with Gasteiger partial charge < -0.3 is 30.7 Å². The van der Waals surface area contributed by atoms with Crippen LogP contribution in [0.5, 0.6) is 5.88 Å². The highest BCUT2D eigenvalue weighted by Gasteiger charge is 2.21. The van der Waals surface area contributed by atoms with Crippen LogP contribution >= 0.6 is 11.6 Å². The smallest absolute Gasteiger partial charge is 0.274 e. The molecule has 1 saturated heterocycles. The van der Waals surface area contributed by atoms with Crippen LogP contribution in [-0.2, 0) is 22.6 Å². The molecule has 240 valence electrons. The number of amides is 2. The summed E-state index contributed by atoms with van der Waals surface area (Å²) in [5, 5.41) is 13.0. The van der Waals surface area contributed by atoms with Crippen LogP contribution in [0.1, 0.15) is 40.0 Å². The Hall–Kier alpha value is -4.42. The van der Waals surface area contributed by atoms with E-state index in [1.807, 2.05) is 49.4 Å². The summed E-state index contributed by atoms with van der Waals surface area (Å²) in [6.45, 7) is 5.12. The molecule has 0 unspecified atom stereocenters. The minimum Gasteiger partial charge on any atom is -0.481 e. The molecule has 1 aliphatic heterocycles. The highest BCUT2D eigenvalue weighted by Crippen LogP contribution is 2.38. The number of halogens is 1. The van der Waals surface area contributed by atoms with Crippen molar-refractivity contribution in [2.24, 2.45) is 0 Å². The SMILES string of the molecule is COCCNCc1ccc(C(=O)Nc2cccc(-c3nccc(-c4ccc(CNC[C@H]5CCC(=O)N5)c(OC)n4)c3Cl)c2C)nc1. The zero-order valence-electron chi connectivity index (χ0n) is 26.2. The van der Waals surface area contributed by atoms with Crippen LogP contribution in [0.3, 0.4) is 0 Å². The van der Waals surface area contributed by atoms with Crippen molar-refractivity contribution < 1.29 is 19.1 Å². The van der Waals surface area contributed by atoms with E-state index in [-0.39, 0.29) is 17.9 Å². The molecule has 12 heteroatoms. The summed E-state index contributed by atoms with van der Waals surface area (Å²) in [4.78, 5) is 38.2. The third kappa shape index (κ3) is 8.04. The predicted octanol–water partition coefficient (Wildman–Crippen LogP) is 4.53. The lowest BCUT2D eigenvalue weighted by Gasteiger charge is -2.16. The second-order valence-corrected chi connectivity index (χ2v) is 11.4. The number of anilines is 1. The fourth-order valence-corrected chi connectivity index (χ4v) is 5.57. The van der Waals surface area contributed by atoms with Crippen molar-refractivity contribution in [3.63, 3.8) is 0 Å². The number of benzene rings is 1. The van der Waals surface area contributed by atoms with Gasteiger partial charge in [-0.3, -0.25) is 19.6 Å². The molecule has 4 aromatic rings. The van der Waals surface area contributed by atoms with E-state index in [4.69, 9.17) is 26.1 Å². The molecule has 1 aromatic carbocycles. The number of carbonyl (C=O) groups is 2. The number of pyridine rings is 3. The molecule has 0 saturated carbocycles. The van der Waals surface area contributed by atoms with E-state index in [0.29, 0.717) is 71.9 Å². The van der Waals surface area contributed by atoms with E-state index in [0.717, 1.165) is 35.2 Å². The lowest BCUT2D eigenvalue weighted by Crippen LogP contribution is -2.35. The quantitative estimate of drug-likeness (QED) is 0.146. The molecule has 0 aliphatic carbocycles. The average Bonchev–Trinajstić information content (AvgIpc) is 3.49. The van der Waals surface area contributed by atoms with Crippen LogP contribution in [0.15, 0.2) is 60.9 Å². The minimum absolute atomic E-state index is 0.0945. The van der Waals surface area contributed by atoms with Gasteiger partial charge in [0.05, 0.1) is 30.1 Å². The number of methoxy groups -OCH3 is 2. The molecule has 2 amide bonds. The van der Waals surface area contributed by atoms with Crippen molar-refractivity contribution in [3.05, 3.63) is 88.3 Å². The van der Waals surface area contributed by atoms with Gasteiger partial charge in [-0.2, -0.15) is 0 Å². The number of carbonyl (C=O) groups excluding carboxylic acids is 2. The van der Waals surface area contributed by atoms with Crippen molar-refractivity contribution in [3.8, 4) is 28.4 Å². The molecule has 0 radical (unpaired) electrons. The molecule has 1 aliphatic rings. The predicted molar refractivity (Wildman–Crippen MR) is 178 cm³/mol. The number of rotatable bonds is 14. The maximum Gasteiger partial charge on any atom is 0.274 e. The second-order valence-electron chi connectivity index (χ2n) is 11.0. The standard InChI is InChI=1S/C34H38ClN7O4/c1-21-25(5-4-6-27(21)41-33(44)29-10-7-22(18-39-29)17-36-15-16-45-2)32-31(35)26(13-14-38-32)28-11-8-23(34(42-28)46-3)19-37-20-24-9-12-30(43)40-24/h4-8,10-11,13-14,18,24,36-37H,9,12,15-17,19-20H2,1-3H3,(H,40,43)(H,41,44)/t24-/m1/s1. The first-order chi connectivity index (χ1) is 22.4. The summed E-state index contributed by atoms with van der Waals surface area (Å²) < 4.78 is 10.7. The highest BCUT2D eigenvalue weighted by atomic mass is 35.5. The highest BCUT2D eigenvalue weighted by molar-refractivity contribution is 6.35. The third-order valence-corrected chi connectivity index (χ3v) is 8.18. The molecule has 11 nitrogen and oxygen atoms in total. The van der Waals surface area contributed by atoms with Gasteiger partial charge in [0.15, 0.2) is 0 Å². The number of hydrogen-bond donors (Lipinski definition) is 4. The van der Waals surface area contributed by atoms with E-state index in [9.17, 15) is 9.59 Å². The third-order valence-electron chi connectivity index (χ3n) is 7.80. The Kier molecular flexibility index (Phi) is 11.3. The van der Waals surface area contributed by atoms with Crippen LogP contribution in [0.4, 0.5) is 5.69 Å². The Morgan fingerprint density at radius 2 is 1.91 bits per heavy atom. The first-order valence-corrected chi connectivity index (χ1v) is 15.5. The molecule has 4 N–H and O–H groups in total. The molecule has 46 heavy (non-hydrogen) atoms. The molecule has 1 fully saturated rings. The Labute approximate surface area is 273 Å². The molecule has 0 spiro atoms. The van der Waals surface area contributed by atoms with E-state index < -0.39 is 0 Å². The Morgan fingerprint density at radius 3 is 2.65 bits per heavy atom. The van der Waals surface area contributed by atoms with E-state index >= 15 is 0 Å². The molecule has 5 rings (SSSR count). The van der Waals surface area contributed by atoms with Crippen molar-refractivity contribution in [2.45, 2.75) is 38.9 Å². The summed E-state index contributed by atoms with van der Waals surface area (Å²) in [6, 6.07) is 15.0. The van der Waals surface area contributed by atoms with Crippen LogP contribution in [0.25, 0.3) is 22.5 Å². The summed E-state index contributed by atoms with van der Waals surface area (Å²) in [6.07, 6.45) is 4.78. The van der Waals surface area contributed by atoms with Gasteiger partial charge in [0.1, 0.15) is 5.69 Å². The number of nitrogens with zero attached hydrogens (tertiary/aromatic N) is 3. The van der Waals surface area contributed by atoms with E-state index in [1.54, 1.807) is 32.7 Å². The molecular weight excluding hydrogens is 606 g/mol.